The van der Waals surface area contributed by atoms with Gasteiger partial charge in [-0.25, -0.2) is 12.8 Å². The molecule has 1 aromatic rings. The number of aryl methyl sites for hydroxylation is 2. The zero-order chi connectivity index (χ0) is 15.6. The Bertz CT molecular complexity index is 642. The molecule has 2 rings (SSSR count). The maximum Gasteiger partial charge on any atom is 0.222 e. The van der Waals surface area contributed by atoms with Gasteiger partial charge in [-0.3, -0.25) is 4.79 Å². The second-order valence-electron chi connectivity index (χ2n) is 5.66. The van der Waals surface area contributed by atoms with Gasteiger partial charge in [0, 0.05) is 25.8 Å². The molecule has 4 nitrogen and oxygen atoms in total. The lowest BCUT2D eigenvalue weighted by molar-refractivity contribution is -0.130. The summed E-state index contributed by atoms with van der Waals surface area (Å²) in [5.74, 6) is -0.333. The van der Waals surface area contributed by atoms with Crippen molar-refractivity contribution >= 4 is 15.7 Å². The Morgan fingerprint density at radius 3 is 2.71 bits per heavy atom. The number of rotatable bonds is 4. The molecule has 0 spiro atoms. The summed E-state index contributed by atoms with van der Waals surface area (Å²) in [5.41, 5.74) is 1.37. The Morgan fingerprint density at radius 2 is 2.14 bits per heavy atom. The maximum atomic E-state index is 13.4. The second-order valence-corrected chi connectivity index (χ2v) is 7.99. The van der Waals surface area contributed by atoms with E-state index in [1.54, 1.807) is 17.9 Å². The highest BCUT2D eigenvalue weighted by atomic mass is 32.2. The van der Waals surface area contributed by atoms with Crippen LogP contribution in [0.25, 0.3) is 0 Å². The summed E-state index contributed by atoms with van der Waals surface area (Å²) in [6.07, 6.45) is 2.46. The van der Waals surface area contributed by atoms with Crippen LogP contribution in [0.2, 0.25) is 0 Å². The van der Waals surface area contributed by atoms with Gasteiger partial charge in [0.25, 0.3) is 0 Å². The molecular formula is C15H20FNO3S. The first-order chi connectivity index (χ1) is 9.77. The van der Waals surface area contributed by atoms with Gasteiger partial charge >= 0.3 is 0 Å². The SMILES string of the molecule is Cc1ccc(CCC(=O)N2CCC(S(C)(=O)=O)C2)cc1F. The van der Waals surface area contributed by atoms with Crippen molar-refractivity contribution in [3.8, 4) is 0 Å². The van der Waals surface area contributed by atoms with E-state index in [4.69, 9.17) is 0 Å². The van der Waals surface area contributed by atoms with E-state index in [0.717, 1.165) is 5.56 Å². The molecule has 0 radical (unpaired) electrons. The van der Waals surface area contributed by atoms with Gasteiger partial charge in [0.05, 0.1) is 5.25 Å². The van der Waals surface area contributed by atoms with Crippen LogP contribution in [0.1, 0.15) is 24.0 Å². The smallest absolute Gasteiger partial charge is 0.222 e. The van der Waals surface area contributed by atoms with E-state index in [-0.39, 0.29) is 24.7 Å². The first kappa shape index (κ1) is 15.9. The number of amides is 1. The van der Waals surface area contributed by atoms with Gasteiger partial charge in [-0.15, -0.1) is 0 Å². The largest absolute Gasteiger partial charge is 0.341 e. The molecule has 0 saturated carbocycles. The molecule has 21 heavy (non-hydrogen) atoms. The normalized spacial score (nSPS) is 19.0. The van der Waals surface area contributed by atoms with E-state index >= 15 is 0 Å². The lowest BCUT2D eigenvalue weighted by atomic mass is 10.1. The molecule has 6 heteroatoms. The number of sulfone groups is 1. The first-order valence-electron chi connectivity index (χ1n) is 6.99. The molecule has 1 saturated heterocycles. The van der Waals surface area contributed by atoms with Crippen LogP contribution in [0.5, 0.6) is 0 Å². The van der Waals surface area contributed by atoms with Gasteiger partial charge in [0.2, 0.25) is 5.91 Å². The zero-order valence-corrected chi connectivity index (χ0v) is 13.1. The molecule has 1 unspecified atom stereocenters. The van der Waals surface area contributed by atoms with Crippen molar-refractivity contribution in [1.29, 1.82) is 0 Å². The third kappa shape index (κ3) is 4.03. The molecule has 1 heterocycles. The predicted octanol–water partition coefficient (Wildman–Crippen LogP) is 1.71. The van der Waals surface area contributed by atoms with Gasteiger partial charge < -0.3 is 4.90 Å². The molecule has 116 valence electrons. The van der Waals surface area contributed by atoms with Crippen LogP contribution in [0.15, 0.2) is 18.2 Å². The summed E-state index contributed by atoms with van der Waals surface area (Å²) in [7, 11) is -3.09. The Labute approximate surface area is 124 Å². The fourth-order valence-electron chi connectivity index (χ4n) is 2.51. The summed E-state index contributed by atoms with van der Waals surface area (Å²) < 4.78 is 36.4. The highest BCUT2D eigenvalue weighted by Gasteiger charge is 2.32. The Hall–Kier alpha value is -1.43. The highest BCUT2D eigenvalue weighted by molar-refractivity contribution is 7.91. The number of nitrogens with zero attached hydrogens (tertiary/aromatic N) is 1. The van der Waals surface area contributed by atoms with Crippen LogP contribution in [0.3, 0.4) is 0 Å². The number of hydrogen-bond acceptors (Lipinski definition) is 3. The number of benzene rings is 1. The van der Waals surface area contributed by atoms with E-state index in [1.807, 2.05) is 6.07 Å². The molecule has 0 N–H and O–H groups in total. The fraction of sp³-hybridized carbons (Fsp3) is 0.533. The minimum atomic E-state index is -3.09. The highest BCUT2D eigenvalue weighted by Crippen LogP contribution is 2.18. The standard InChI is InChI=1S/C15H20FNO3S/c1-11-3-4-12(9-14(11)16)5-6-15(18)17-8-7-13(10-17)21(2,19)20/h3-4,9,13H,5-8,10H2,1-2H3. The molecule has 0 bridgehead atoms. The summed E-state index contributed by atoms with van der Waals surface area (Å²) in [6.45, 7) is 2.46. The lowest BCUT2D eigenvalue weighted by Gasteiger charge is -2.16. The molecule has 1 atom stereocenters. The Balaban J connectivity index is 1.89. The fourth-order valence-corrected chi connectivity index (χ4v) is 3.49. The van der Waals surface area contributed by atoms with E-state index in [2.05, 4.69) is 0 Å². The van der Waals surface area contributed by atoms with Crippen LogP contribution in [0.4, 0.5) is 4.39 Å². The van der Waals surface area contributed by atoms with Crippen molar-refractivity contribution in [3.05, 3.63) is 35.1 Å². The van der Waals surface area contributed by atoms with E-state index in [9.17, 15) is 17.6 Å². The van der Waals surface area contributed by atoms with E-state index < -0.39 is 15.1 Å². The molecule has 0 aliphatic carbocycles. The number of likely N-dealkylation sites (tertiary alicyclic amines) is 1. The summed E-state index contributed by atoms with van der Waals surface area (Å²) in [6, 6.07) is 4.96. The van der Waals surface area contributed by atoms with Crippen molar-refractivity contribution in [2.75, 3.05) is 19.3 Å². The number of hydrogen-bond donors (Lipinski definition) is 0. The summed E-state index contributed by atoms with van der Waals surface area (Å²) in [5, 5.41) is -0.446. The Kier molecular flexibility index (Phi) is 4.66. The number of halogens is 1. The minimum Gasteiger partial charge on any atom is -0.341 e. The van der Waals surface area contributed by atoms with Crippen molar-refractivity contribution < 1.29 is 17.6 Å². The summed E-state index contributed by atoms with van der Waals surface area (Å²) >= 11 is 0. The summed E-state index contributed by atoms with van der Waals surface area (Å²) in [4.78, 5) is 13.7. The zero-order valence-electron chi connectivity index (χ0n) is 12.3. The van der Waals surface area contributed by atoms with Gasteiger partial charge in [-0.2, -0.15) is 0 Å². The first-order valence-corrected chi connectivity index (χ1v) is 8.94. The van der Waals surface area contributed by atoms with Crippen LogP contribution < -0.4 is 0 Å². The van der Waals surface area contributed by atoms with Gasteiger partial charge in [0.15, 0.2) is 9.84 Å². The molecule has 1 amide bonds. The van der Waals surface area contributed by atoms with Crippen LogP contribution in [-0.4, -0.2) is 43.8 Å². The lowest BCUT2D eigenvalue weighted by Crippen LogP contribution is -2.31. The third-order valence-electron chi connectivity index (χ3n) is 3.97. The monoisotopic (exact) mass is 313 g/mol. The molecular weight excluding hydrogens is 293 g/mol. The van der Waals surface area contributed by atoms with Crippen molar-refractivity contribution in [3.63, 3.8) is 0 Å². The quantitative estimate of drug-likeness (QED) is 0.850. The van der Waals surface area contributed by atoms with Crippen LogP contribution in [-0.2, 0) is 21.1 Å². The average Bonchev–Trinajstić information content (AvgIpc) is 2.89. The average molecular weight is 313 g/mol. The van der Waals surface area contributed by atoms with Crippen LogP contribution >= 0.6 is 0 Å². The minimum absolute atomic E-state index is 0.0675. The number of carbonyl (C=O) groups excluding carboxylic acids is 1. The molecule has 1 aliphatic heterocycles. The van der Waals surface area contributed by atoms with Crippen molar-refractivity contribution in [1.82, 2.24) is 4.90 Å². The van der Waals surface area contributed by atoms with Gasteiger partial charge in [-0.05, 0) is 37.0 Å². The molecule has 1 fully saturated rings. The molecule has 1 aromatic carbocycles. The topological polar surface area (TPSA) is 54.5 Å². The second kappa shape index (κ2) is 6.13. The van der Waals surface area contributed by atoms with Gasteiger partial charge in [-0.1, -0.05) is 12.1 Å². The third-order valence-corrected chi connectivity index (χ3v) is 5.56. The molecule has 0 aromatic heterocycles. The van der Waals surface area contributed by atoms with E-state index in [0.29, 0.717) is 24.9 Å². The van der Waals surface area contributed by atoms with Gasteiger partial charge in [0.1, 0.15) is 5.82 Å². The van der Waals surface area contributed by atoms with E-state index in [1.165, 1.54) is 12.3 Å². The number of carbonyl (C=O) groups is 1. The Morgan fingerprint density at radius 1 is 1.43 bits per heavy atom. The predicted molar refractivity (Wildman–Crippen MR) is 79.3 cm³/mol. The molecule has 1 aliphatic rings. The van der Waals surface area contributed by atoms with Crippen LogP contribution in [0, 0.1) is 12.7 Å². The maximum absolute atomic E-state index is 13.4. The van der Waals surface area contributed by atoms with Crippen molar-refractivity contribution in [2.24, 2.45) is 0 Å². The van der Waals surface area contributed by atoms with Crippen molar-refractivity contribution in [2.45, 2.75) is 31.4 Å².